The minimum atomic E-state index is -0.948. The Balaban J connectivity index is 2.77. The topological polar surface area (TPSA) is 78.9 Å². The molecule has 0 radical (unpaired) electrons. The van der Waals surface area contributed by atoms with Gasteiger partial charge < -0.3 is 14.2 Å². The molecule has 0 aliphatic carbocycles. The van der Waals surface area contributed by atoms with E-state index in [9.17, 15) is 14.4 Å². The van der Waals surface area contributed by atoms with Crippen LogP contribution >= 0.6 is 0 Å². The van der Waals surface area contributed by atoms with Gasteiger partial charge in [0, 0.05) is 6.08 Å². The first-order valence-corrected chi connectivity index (χ1v) is 7.50. The minimum absolute atomic E-state index is 0.0429. The number of benzene rings is 1. The van der Waals surface area contributed by atoms with Crippen LogP contribution in [0.3, 0.4) is 0 Å². The molecular weight excluding hydrogens is 312 g/mol. The fraction of sp³-hybridized carbons (Fsp3) is 0.389. The van der Waals surface area contributed by atoms with Gasteiger partial charge in [-0.2, -0.15) is 0 Å². The number of ether oxygens (including phenoxy) is 3. The quantitative estimate of drug-likeness (QED) is 0.433. The monoisotopic (exact) mass is 334 g/mol. The van der Waals surface area contributed by atoms with Crippen LogP contribution in [0.2, 0.25) is 0 Å². The van der Waals surface area contributed by atoms with E-state index in [1.54, 1.807) is 37.3 Å². The van der Waals surface area contributed by atoms with Crippen molar-refractivity contribution in [3.63, 3.8) is 0 Å². The lowest BCUT2D eigenvalue weighted by Crippen LogP contribution is -2.34. The predicted octanol–water partition coefficient (Wildman–Crippen LogP) is 2.76. The standard InChI is InChI=1S/C18H22O6/c1-5-18(2,12-16(20)23-4)17(21)24-14-9-6-13(7-10-14)8-11-15(19)22-3/h6-11H,5,12H2,1-4H3/b11-8+. The molecule has 0 N–H and O–H groups in total. The molecule has 1 unspecified atom stereocenters. The molecule has 130 valence electrons. The smallest absolute Gasteiger partial charge is 0.330 e. The van der Waals surface area contributed by atoms with Crippen LogP contribution in [0.1, 0.15) is 32.3 Å². The molecule has 0 fully saturated rings. The molecule has 24 heavy (non-hydrogen) atoms. The summed E-state index contributed by atoms with van der Waals surface area (Å²) in [6.45, 7) is 3.48. The Bertz CT molecular complexity index is 617. The van der Waals surface area contributed by atoms with Gasteiger partial charge in [0.25, 0.3) is 0 Å². The van der Waals surface area contributed by atoms with Crippen molar-refractivity contribution in [1.82, 2.24) is 0 Å². The predicted molar refractivity (Wildman–Crippen MR) is 88.2 cm³/mol. The Morgan fingerprint density at radius 2 is 1.71 bits per heavy atom. The van der Waals surface area contributed by atoms with Crippen molar-refractivity contribution >= 4 is 24.0 Å². The van der Waals surface area contributed by atoms with Gasteiger partial charge in [-0.25, -0.2) is 4.79 Å². The molecule has 1 rings (SSSR count). The fourth-order valence-corrected chi connectivity index (χ4v) is 1.84. The summed E-state index contributed by atoms with van der Waals surface area (Å²) < 4.78 is 14.5. The Morgan fingerprint density at radius 1 is 1.08 bits per heavy atom. The van der Waals surface area contributed by atoms with Crippen molar-refractivity contribution in [2.24, 2.45) is 5.41 Å². The van der Waals surface area contributed by atoms with E-state index in [1.165, 1.54) is 20.3 Å². The number of hydrogen-bond donors (Lipinski definition) is 0. The van der Waals surface area contributed by atoms with Crippen LogP contribution in [0.5, 0.6) is 5.75 Å². The maximum atomic E-state index is 12.4. The Labute approximate surface area is 141 Å². The van der Waals surface area contributed by atoms with Crippen molar-refractivity contribution in [2.75, 3.05) is 14.2 Å². The minimum Gasteiger partial charge on any atom is -0.469 e. The van der Waals surface area contributed by atoms with Gasteiger partial charge in [0.2, 0.25) is 0 Å². The fourth-order valence-electron chi connectivity index (χ4n) is 1.84. The summed E-state index contributed by atoms with van der Waals surface area (Å²) in [6, 6.07) is 6.63. The average Bonchev–Trinajstić information content (AvgIpc) is 2.60. The van der Waals surface area contributed by atoms with Crippen molar-refractivity contribution in [3.05, 3.63) is 35.9 Å². The molecular formula is C18H22O6. The zero-order valence-electron chi connectivity index (χ0n) is 14.3. The molecule has 1 aromatic carbocycles. The maximum Gasteiger partial charge on any atom is 0.330 e. The number of hydrogen-bond acceptors (Lipinski definition) is 6. The van der Waals surface area contributed by atoms with E-state index in [1.807, 2.05) is 6.92 Å². The molecule has 0 aliphatic heterocycles. The van der Waals surface area contributed by atoms with Gasteiger partial charge in [-0.15, -0.1) is 0 Å². The van der Waals surface area contributed by atoms with Crippen LogP contribution in [0, 0.1) is 5.41 Å². The molecule has 6 nitrogen and oxygen atoms in total. The third-order valence-electron chi connectivity index (χ3n) is 3.74. The van der Waals surface area contributed by atoms with E-state index in [0.717, 1.165) is 5.56 Å². The van der Waals surface area contributed by atoms with Gasteiger partial charge in [0.1, 0.15) is 5.75 Å². The highest BCUT2D eigenvalue weighted by Gasteiger charge is 2.36. The summed E-state index contributed by atoms with van der Waals surface area (Å²) in [4.78, 5) is 34.9. The highest BCUT2D eigenvalue weighted by molar-refractivity contribution is 5.87. The third-order valence-corrected chi connectivity index (χ3v) is 3.74. The number of esters is 3. The molecule has 0 heterocycles. The highest BCUT2D eigenvalue weighted by Crippen LogP contribution is 2.29. The second kappa shape index (κ2) is 8.86. The van der Waals surface area contributed by atoms with E-state index in [4.69, 9.17) is 4.74 Å². The zero-order valence-corrected chi connectivity index (χ0v) is 14.3. The summed E-state index contributed by atoms with van der Waals surface area (Å²) in [5.74, 6) is -1.04. The second-order valence-electron chi connectivity index (χ2n) is 5.48. The first kappa shape index (κ1) is 19.4. The molecule has 0 bridgehead atoms. The van der Waals surface area contributed by atoms with Gasteiger partial charge in [-0.1, -0.05) is 19.1 Å². The number of methoxy groups -OCH3 is 2. The lowest BCUT2D eigenvalue weighted by atomic mass is 9.84. The maximum absolute atomic E-state index is 12.4. The second-order valence-corrected chi connectivity index (χ2v) is 5.48. The molecule has 6 heteroatoms. The van der Waals surface area contributed by atoms with Crippen LogP contribution in [0.15, 0.2) is 30.3 Å². The van der Waals surface area contributed by atoms with Crippen LogP contribution in [0.4, 0.5) is 0 Å². The molecule has 1 atom stereocenters. The Hall–Kier alpha value is -2.63. The molecule has 1 aromatic rings. The molecule has 0 amide bonds. The van der Waals surface area contributed by atoms with Crippen LogP contribution in [0.25, 0.3) is 6.08 Å². The number of rotatable bonds is 7. The van der Waals surface area contributed by atoms with E-state index in [0.29, 0.717) is 12.2 Å². The van der Waals surface area contributed by atoms with Crippen LogP contribution in [-0.2, 0) is 23.9 Å². The van der Waals surface area contributed by atoms with Gasteiger partial charge in [0.05, 0.1) is 26.1 Å². The average molecular weight is 334 g/mol. The van der Waals surface area contributed by atoms with E-state index >= 15 is 0 Å². The van der Waals surface area contributed by atoms with Crippen molar-refractivity contribution in [1.29, 1.82) is 0 Å². The van der Waals surface area contributed by atoms with Crippen molar-refractivity contribution in [3.8, 4) is 5.75 Å². The number of carbonyl (C=O) groups is 3. The van der Waals surface area contributed by atoms with Gasteiger partial charge >= 0.3 is 17.9 Å². The number of carbonyl (C=O) groups excluding carboxylic acids is 3. The lowest BCUT2D eigenvalue weighted by molar-refractivity contribution is -0.154. The molecule has 0 saturated heterocycles. The van der Waals surface area contributed by atoms with Gasteiger partial charge in [-0.05, 0) is 37.1 Å². The normalized spacial score (nSPS) is 13.2. The molecule has 0 spiro atoms. The Morgan fingerprint density at radius 3 is 2.21 bits per heavy atom. The first-order chi connectivity index (χ1) is 11.3. The van der Waals surface area contributed by atoms with Crippen LogP contribution in [-0.4, -0.2) is 32.1 Å². The van der Waals surface area contributed by atoms with E-state index < -0.39 is 23.3 Å². The van der Waals surface area contributed by atoms with E-state index in [-0.39, 0.29) is 6.42 Å². The van der Waals surface area contributed by atoms with Crippen LogP contribution < -0.4 is 4.74 Å². The molecule has 0 saturated carbocycles. The lowest BCUT2D eigenvalue weighted by Gasteiger charge is -2.24. The third kappa shape index (κ3) is 5.53. The summed E-state index contributed by atoms with van der Waals surface area (Å²) in [7, 11) is 2.58. The van der Waals surface area contributed by atoms with Gasteiger partial charge in [0.15, 0.2) is 0 Å². The molecule has 0 aromatic heterocycles. The summed E-state index contributed by atoms with van der Waals surface area (Å²) in [5.41, 5.74) is -0.190. The summed E-state index contributed by atoms with van der Waals surface area (Å²) in [5, 5.41) is 0. The zero-order chi connectivity index (χ0) is 18.2. The summed E-state index contributed by atoms with van der Waals surface area (Å²) in [6.07, 6.45) is 3.29. The van der Waals surface area contributed by atoms with E-state index in [2.05, 4.69) is 9.47 Å². The SMILES string of the molecule is CCC(C)(CC(=O)OC)C(=O)Oc1ccc(/C=C/C(=O)OC)cc1. The van der Waals surface area contributed by atoms with Crippen molar-refractivity contribution in [2.45, 2.75) is 26.7 Å². The largest absolute Gasteiger partial charge is 0.469 e. The van der Waals surface area contributed by atoms with Crippen molar-refractivity contribution < 1.29 is 28.6 Å². The Kier molecular flexibility index (Phi) is 7.17. The highest BCUT2D eigenvalue weighted by atomic mass is 16.5. The first-order valence-electron chi connectivity index (χ1n) is 7.50. The summed E-state index contributed by atoms with van der Waals surface area (Å²) >= 11 is 0. The molecule has 0 aliphatic rings. The van der Waals surface area contributed by atoms with Gasteiger partial charge in [-0.3, -0.25) is 9.59 Å².